The molecule has 1 aliphatic rings. The zero-order chi connectivity index (χ0) is 17.8. The van der Waals surface area contributed by atoms with Crippen LogP contribution in [0.5, 0.6) is 0 Å². The van der Waals surface area contributed by atoms with Gasteiger partial charge in [0.1, 0.15) is 5.82 Å². The number of rotatable bonds is 6. The summed E-state index contributed by atoms with van der Waals surface area (Å²) in [5.41, 5.74) is 2.20. The molecule has 0 saturated carbocycles. The summed E-state index contributed by atoms with van der Waals surface area (Å²) in [6.07, 6.45) is 8.15. The minimum atomic E-state index is -0.215. The molecule has 2 aromatic rings. The molecule has 4 nitrogen and oxygen atoms in total. The van der Waals surface area contributed by atoms with Gasteiger partial charge in [-0.05, 0) is 37.1 Å². The third kappa shape index (κ3) is 4.35. The summed E-state index contributed by atoms with van der Waals surface area (Å²) in [4.78, 5) is 2.35. The fourth-order valence-electron chi connectivity index (χ4n) is 3.41. The van der Waals surface area contributed by atoms with Crippen molar-refractivity contribution < 1.29 is 9.50 Å². The molecule has 5 heteroatoms. The molecule has 1 saturated heterocycles. The maximum Gasteiger partial charge on any atom is 0.123 e. The molecule has 0 radical (unpaired) electrons. The molecule has 25 heavy (non-hydrogen) atoms. The average Bonchev–Trinajstić information content (AvgIpc) is 3.23. The number of aliphatic hydroxyl groups is 1. The first-order chi connectivity index (χ1) is 12.1. The van der Waals surface area contributed by atoms with Crippen molar-refractivity contribution in [2.24, 2.45) is 5.92 Å². The zero-order valence-corrected chi connectivity index (χ0v) is 14.8. The van der Waals surface area contributed by atoms with Gasteiger partial charge in [0.05, 0.1) is 6.20 Å². The lowest BCUT2D eigenvalue weighted by molar-refractivity contribution is 0.217. The van der Waals surface area contributed by atoms with Crippen LogP contribution in [0.2, 0.25) is 0 Å². The summed E-state index contributed by atoms with van der Waals surface area (Å²) in [6.45, 7) is 7.03. The van der Waals surface area contributed by atoms with E-state index in [1.54, 1.807) is 12.1 Å². The van der Waals surface area contributed by atoms with E-state index < -0.39 is 0 Å². The normalized spacial score (nSPS) is 21.6. The highest BCUT2D eigenvalue weighted by atomic mass is 19.1. The van der Waals surface area contributed by atoms with Crippen molar-refractivity contribution in [1.82, 2.24) is 14.7 Å². The Labute approximate surface area is 148 Å². The molecule has 1 aliphatic heterocycles. The average molecular weight is 343 g/mol. The summed E-state index contributed by atoms with van der Waals surface area (Å²) in [6, 6.07) is 6.84. The molecule has 0 aliphatic carbocycles. The van der Waals surface area contributed by atoms with E-state index in [-0.39, 0.29) is 18.3 Å². The Morgan fingerprint density at radius 1 is 1.28 bits per heavy atom. The molecule has 2 heterocycles. The van der Waals surface area contributed by atoms with Crippen LogP contribution in [0.3, 0.4) is 0 Å². The lowest BCUT2D eigenvalue weighted by Gasteiger charge is -2.14. The molecule has 3 rings (SSSR count). The van der Waals surface area contributed by atoms with Gasteiger partial charge >= 0.3 is 0 Å². The molecule has 2 atom stereocenters. The second kappa shape index (κ2) is 7.93. The molecule has 0 bridgehead atoms. The summed E-state index contributed by atoms with van der Waals surface area (Å²) in [5, 5.41) is 14.2. The van der Waals surface area contributed by atoms with Crippen molar-refractivity contribution >= 4 is 6.08 Å². The third-order valence-electron chi connectivity index (χ3n) is 4.87. The first kappa shape index (κ1) is 17.8. The van der Waals surface area contributed by atoms with Crippen LogP contribution in [0.15, 0.2) is 42.7 Å². The van der Waals surface area contributed by atoms with Crippen molar-refractivity contribution in [2.45, 2.75) is 25.8 Å². The van der Waals surface area contributed by atoms with Crippen molar-refractivity contribution in [3.8, 4) is 0 Å². The van der Waals surface area contributed by atoms with Crippen LogP contribution in [-0.4, -0.2) is 46.0 Å². The summed E-state index contributed by atoms with van der Waals surface area (Å²) in [5.74, 6) is 0.341. The van der Waals surface area contributed by atoms with Crippen LogP contribution >= 0.6 is 0 Å². The lowest BCUT2D eigenvalue weighted by Crippen LogP contribution is -2.21. The van der Waals surface area contributed by atoms with Crippen LogP contribution in [0.4, 0.5) is 4.39 Å². The fraction of sp³-hybridized carbons (Fsp3) is 0.450. The van der Waals surface area contributed by atoms with Crippen LogP contribution in [0.25, 0.3) is 6.08 Å². The minimum absolute atomic E-state index is 0.190. The maximum atomic E-state index is 12.9. The highest BCUT2D eigenvalue weighted by Crippen LogP contribution is 2.32. The van der Waals surface area contributed by atoms with E-state index in [1.165, 1.54) is 17.7 Å². The van der Waals surface area contributed by atoms with E-state index >= 15 is 0 Å². The number of hydrogen-bond acceptors (Lipinski definition) is 3. The molecule has 0 unspecified atom stereocenters. The fourth-order valence-corrected chi connectivity index (χ4v) is 3.41. The number of aromatic nitrogens is 2. The van der Waals surface area contributed by atoms with Crippen molar-refractivity contribution in [1.29, 1.82) is 0 Å². The highest BCUT2D eigenvalue weighted by Gasteiger charge is 2.33. The molecule has 1 aromatic carbocycles. The van der Waals surface area contributed by atoms with Crippen LogP contribution in [-0.2, 0) is 0 Å². The van der Waals surface area contributed by atoms with Gasteiger partial charge in [-0.1, -0.05) is 24.3 Å². The SMILES string of the molecule is CC(C)n1cc([C@@H]2CN(C/C=C/c3ccc(F)cc3)C[C@H]2CO)cn1. The molecule has 1 aromatic heterocycles. The summed E-state index contributed by atoms with van der Waals surface area (Å²) < 4.78 is 14.9. The second-order valence-corrected chi connectivity index (χ2v) is 7.07. The molecular weight excluding hydrogens is 317 g/mol. The van der Waals surface area contributed by atoms with E-state index in [0.29, 0.717) is 12.0 Å². The summed E-state index contributed by atoms with van der Waals surface area (Å²) >= 11 is 0. The van der Waals surface area contributed by atoms with Gasteiger partial charge in [0.2, 0.25) is 0 Å². The molecule has 1 N–H and O–H groups in total. The number of halogens is 1. The van der Waals surface area contributed by atoms with Gasteiger partial charge in [0.15, 0.2) is 0 Å². The standard InChI is InChI=1S/C20H26FN3O/c1-15(2)24-12-17(10-22-24)20-13-23(11-18(20)14-25)9-3-4-16-5-7-19(21)8-6-16/h3-8,10,12,15,18,20,25H,9,11,13-14H2,1-2H3/b4-3+/t18-,20-/m0/s1. The molecule has 1 fully saturated rings. The maximum absolute atomic E-state index is 12.9. The Hall–Kier alpha value is -1.98. The minimum Gasteiger partial charge on any atom is -0.396 e. The number of hydrogen-bond donors (Lipinski definition) is 1. The van der Waals surface area contributed by atoms with Crippen molar-refractivity contribution in [3.05, 3.63) is 59.7 Å². The van der Waals surface area contributed by atoms with Crippen LogP contribution in [0, 0.1) is 11.7 Å². The van der Waals surface area contributed by atoms with Gasteiger partial charge < -0.3 is 5.11 Å². The van der Waals surface area contributed by atoms with Crippen molar-refractivity contribution in [2.75, 3.05) is 26.2 Å². The van der Waals surface area contributed by atoms with Crippen LogP contribution in [0.1, 0.15) is 36.9 Å². The molecule has 0 spiro atoms. The summed E-state index contributed by atoms with van der Waals surface area (Å²) in [7, 11) is 0. The van der Waals surface area contributed by atoms with E-state index in [0.717, 1.165) is 25.2 Å². The number of benzene rings is 1. The Morgan fingerprint density at radius 2 is 2.04 bits per heavy atom. The Balaban J connectivity index is 1.61. The number of likely N-dealkylation sites (tertiary alicyclic amines) is 1. The third-order valence-corrected chi connectivity index (χ3v) is 4.87. The second-order valence-electron chi connectivity index (χ2n) is 7.07. The van der Waals surface area contributed by atoms with Crippen molar-refractivity contribution in [3.63, 3.8) is 0 Å². The van der Waals surface area contributed by atoms with Gasteiger partial charge in [0.25, 0.3) is 0 Å². The van der Waals surface area contributed by atoms with Gasteiger partial charge in [-0.25, -0.2) is 4.39 Å². The molecule has 0 amide bonds. The van der Waals surface area contributed by atoms with Gasteiger partial charge in [-0.2, -0.15) is 5.10 Å². The molecule has 134 valence electrons. The van der Waals surface area contributed by atoms with Gasteiger partial charge in [0, 0.05) is 50.3 Å². The predicted octanol–water partition coefficient (Wildman–Crippen LogP) is 3.32. The van der Waals surface area contributed by atoms with E-state index in [2.05, 4.69) is 36.1 Å². The quantitative estimate of drug-likeness (QED) is 0.875. The van der Waals surface area contributed by atoms with E-state index in [1.807, 2.05) is 17.0 Å². The first-order valence-electron chi connectivity index (χ1n) is 8.86. The Bertz CT molecular complexity index is 708. The Morgan fingerprint density at radius 3 is 2.68 bits per heavy atom. The smallest absolute Gasteiger partial charge is 0.123 e. The molecular formula is C20H26FN3O. The van der Waals surface area contributed by atoms with E-state index in [4.69, 9.17) is 0 Å². The lowest BCUT2D eigenvalue weighted by atomic mass is 9.92. The monoisotopic (exact) mass is 343 g/mol. The Kier molecular flexibility index (Phi) is 5.66. The zero-order valence-electron chi connectivity index (χ0n) is 14.8. The van der Waals surface area contributed by atoms with Gasteiger partial charge in [-0.15, -0.1) is 0 Å². The topological polar surface area (TPSA) is 41.3 Å². The predicted molar refractivity (Wildman–Crippen MR) is 97.8 cm³/mol. The van der Waals surface area contributed by atoms with Crippen LogP contribution < -0.4 is 0 Å². The number of nitrogens with zero attached hydrogens (tertiary/aromatic N) is 3. The first-order valence-corrected chi connectivity index (χ1v) is 8.86. The largest absolute Gasteiger partial charge is 0.396 e. The number of aliphatic hydroxyl groups excluding tert-OH is 1. The van der Waals surface area contributed by atoms with Gasteiger partial charge in [-0.3, -0.25) is 9.58 Å². The van der Waals surface area contributed by atoms with E-state index in [9.17, 15) is 9.50 Å². The highest BCUT2D eigenvalue weighted by molar-refractivity contribution is 5.49.